The maximum Gasteiger partial charge on any atom is 0.337 e. The molecule has 1 amide bonds. The predicted molar refractivity (Wildman–Crippen MR) is 81.8 cm³/mol. The number of fused-ring (bicyclic) bond motifs is 1. The van der Waals surface area contributed by atoms with E-state index in [-0.39, 0.29) is 18.0 Å². The molecular formula is C15H17ClN2O3. The molecule has 112 valence electrons. The SMILES string of the molecule is CCN(CC)C(=O)Cn1cc(C(=O)O)c2c(Cl)cccc21. The monoisotopic (exact) mass is 308 g/mol. The van der Waals surface area contributed by atoms with Crippen molar-refractivity contribution >= 4 is 34.4 Å². The molecule has 0 spiro atoms. The first-order valence-corrected chi connectivity index (χ1v) is 7.15. The maximum atomic E-state index is 12.2. The second-order valence-electron chi connectivity index (χ2n) is 4.68. The van der Waals surface area contributed by atoms with Crippen molar-refractivity contribution in [2.75, 3.05) is 13.1 Å². The van der Waals surface area contributed by atoms with Crippen molar-refractivity contribution in [2.45, 2.75) is 20.4 Å². The van der Waals surface area contributed by atoms with Gasteiger partial charge in [0.2, 0.25) is 5.91 Å². The number of amides is 1. The normalized spacial score (nSPS) is 10.8. The summed E-state index contributed by atoms with van der Waals surface area (Å²) in [5.41, 5.74) is 0.767. The van der Waals surface area contributed by atoms with Crippen LogP contribution in [0.5, 0.6) is 0 Å². The van der Waals surface area contributed by atoms with E-state index in [1.165, 1.54) is 6.20 Å². The molecule has 0 aliphatic carbocycles. The van der Waals surface area contributed by atoms with Crippen molar-refractivity contribution in [2.24, 2.45) is 0 Å². The van der Waals surface area contributed by atoms with Crippen LogP contribution in [0.1, 0.15) is 24.2 Å². The van der Waals surface area contributed by atoms with Crippen LogP contribution in [0.25, 0.3) is 10.9 Å². The van der Waals surface area contributed by atoms with Crippen LogP contribution in [0, 0.1) is 0 Å². The summed E-state index contributed by atoms with van der Waals surface area (Å²) < 4.78 is 1.64. The standard InChI is InChI=1S/C15H17ClN2O3/c1-3-17(4-2)13(19)9-18-8-10(15(20)21)14-11(16)6-5-7-12(14)18/h5-8H,3-4,9H2,1-2H3,(H,20,21). The highest BCUT2D eigenvalue weighted by molar-refractivity contribution is 6.36. The van der Waals surface area contributed by atoms with E-state index in [1.807, 2.05) is 13.8 Å². The quantitative estimate of drug-likeness (QED) is 0.924. The molecule has 1 aromatic heterocycles. The number of aromatic nitrogens is 1. The number of carbonyl (C=O) groups is 2. The van der Waals surface area contributed by atoms with E-state index in [9.17, 15) is 14.7 Å². The van der Waals surface area contributed by atoms with Crippen molar-refractivity contribution in [3.05, 3.63) is 35.0 Å². The Kier molecular flexibility index (Phi) is 4.53. The molecule has 5 nitrogen and oxygen atoms in total. The minimum absolute atomic E-state index is 0.0474. The second kappa shape index (κ2) is 6.18. The number of benzene rings is 1. The molecule has 2 aromatic rings. The van der Waals surface area contributed by atoms with Crippen molar-refractivity contribution in [3.63, 3.8) is 0 Å². The van der Waals surface area contributed by atoms with E-state index in [0.717, 1.165) is 0 Å². The number of likely N-dealkylation sites (N-methyl/N-ethyl adjacent to an activating group) is 1. The van der Waals surface area contributed by atoms with Crippen LogP contribution in [0.4, 0.5) is 0 Å². The van der Waals surface area contributed by atoms with Gasteiger partial charge in [0.1, 0.15) is 6.54 Å². The largest absolute Gasteiger partial charge is 0.478 e. The van der Waals surface area contributed by atoms with Gasteiger partial charge in [-0.1, -0.05) is 17.7 Å². The highest BCUT2D eigenvalue weighted by atomic mass is 35.5. The van der Waals surface area contributed by atoms with Gasteiger partial charge in [-0.2, -0.15) is 0 Å². The average Bonchev–Trinajstić information content (AvgIpc) is 2.81. The molecule has 0 unspecified atom stereocenters. The first kappa shape index (κ1) is 15.4. The Labute approximate surface area is 127 Å². The molecule has 0 saturated heterocycles. The Morgan fingerprint density at radius 1 is 1.29 bits per heavy atom. The number of rotatable bonds is 5. The van der Waals surface area contributed by atoms with E-state index in [1.54, 1.807) is 27.7 Å². The van der Waals surface area contributed by atoms with Gasteiger partial charge in [-0.05, 0) is 26.0 Å². The number of halogens is 1. The number of carbonyl (C=O) groups excluding carboxylic acids is 1. The summed E-state index contributed by atoms with van der Waals surface area (Å²) in [6, 6.07) is 5.16. The van der Waals surface area contributed by atoms with Gasteiger partial charge in [0.15, 0.2) is 0 Å². The molecular weight excluding hydrogens is 292 g/mol. The number of hydrogen-bond acceptors (Lipinski definition) is 2. The summed E-state index contributed by atoms with van der Waals surface area (Å²) in [5.74, 6) is -1.10. The molecule has 0 radical (unpaired) electrons. The lowest BCUT2D eigenvalue weighted by Crippen LogP contribution is -2.33. The van der Waals surface area contributed by atoms with Crippen molar-refractivity contribution in [1.82, 2.24) is 9.47 Å². The van der Waals surface area contributed by atoms with Gasteiger partial charge < -0.3 is 14.6 Å². The number of hydrogen-bond donors (Lipinski definition) is 1. The highest BCUT2D eigenvalue weighted by Crippen LogP contribution is 2.28. The zero-order valence-corrected chi connectivity index (χ0v) is 12.7. The molecule has 0 saturated carbocycles. The molecule has 21 heavy (non-hydrogen) atoms. The molecule has 0 aliphatic rings. The van der Waals surface area contributed by atoms with Gasteiger partial charge in [0.05, 0.1) is 16.1 Å². The first-order valence-electron chi connectivity index (χ1n) is 6.78. The fourth-order valence-corrected chi connectivity index (χ4v) is 2.70. The topological polar surface area (TPSA) is 62.5 Å². The van der Waals surface area contributed by atoms with E-state index in [4.69, 9.17) is 11.6 Å². The summed E-state index contributed by atoms with van der Waals surface area (Å²) in [5, 5.41) is 10.1. The highest BCUT2D eigenvalue weighted by Gasteiger charge is 2.19. The van der Waals surface area contributed by atoms with Crippen molar-refractivity contribution < 1.29 is 14.7 Å². The molecule has 1 N–H and O–H groups in total. The molecule has 0 fully saturated rings. The van der Waals surface area contributed by atoms with Crippen LogP contribution in [0.3, 0.4) is 0 Å². The minimum atomic E-state index is -1.05. The van der Waals surface area contributed by atoms with E-state index in [2.05, 4.69) is 0 Å². The van der Waals surface area contributed by atoms with Gasteiger partial charge in [-0.3, -0.25) is 4.79 Å². The number of aromatic carboxylic acids is 1. The third-order valence-corrected chi connectivity index (χ3v) is 3.82. The van der Waals surface area contributed by atoms with Gasteiger partial charge in [0.25, 0.3) is 0 Å². The smallest absolute Gasteiger partial charge is 0.337 e. The number of nitrogens with zero attached hydrogens (tertiary/aromatic N) is 2. The molecule has 0 aliphatic heterocycles. The van der Waals surface area contributed by atoms with Crippen LogP contribution in [-0.2, 0) is 11.3 Å². The number of carboxylic acids is 1. The fourth-order valence-electron chi connectivity index (χ4n) is 2.42. The Hall–Kier alpha value is -2.01. The van der Waals surface area contributed by atoms with Crippen LogP contribution >= 0.6 is 11.6 Å². The molecule has 0 atom stereocenters. The van der Waals surface area contributed by atoms with Gasteiger partial charge in [-0.15, -0.1) is 0 Å². The van der Waals surface area contributed by atoms with Gasteiger partial charge in [0, 0.05) is 24.7 Å². The van der Waals surface area contributed by atoms with E-state index in [0.29, 0.717) is 29.0 Å². The third-order valence-electron chi connectivity index (χ3n) is 3.51. The Morgan fingerprint density at radius 3 is 2.52 bits per heavy atom. The molecule has 1 aromatic carbocycles. The van der Waals surface area contributed by atoms with Crippen molar-refractivity contribution in [3.8, 4) is 0 Å². The summed E-state index contributed by atoms with van der Waals surface area (Å²) in [6.07, 6.45) is 1.47. The van der Waals surface area contributed by atoms with Crippen LogP contribution in [0.15, 0.2) is 24.4 Å². The Bertz CT molecular complexity index is 690. The fraction of sp³-hybridized carbons (Fsp3) is 0.333. The van der Waals surface area contributed by atoms with Crippen LogP contribution < -0.4 is 0 Å². The first-order chi connectivity index (χ1) is 9.99. The summed E-state index contributed by atoms with van der Waals surface area (Å²) in [7, 11) is 0. The predicted octanol–water partition coefficient (Wildman–Crippen LogP) is 2.86. The maximum absolute atomic E-state index is 12.2. The zero-order chi connectivity index (χ0) is 15.6. The lowest BCUT2D eigenvalue weighted by molar-refractivity contribution is -0.131. The van der Waals surface area contributed by atoms with Crippen molar-refractivity contribution in [1.29, 1.82) is 0 Å². The van der Waals surface area contributed by atoms with Gasteiger partial charge >= 0.3 is 5.97 Å². The molecule has 0 bridgehead atoms. The van der Waals surface area contributed by atoms with E-state index < -0.39 is 5.97 Å². The zero-order valence-electron chi connectivity index (χ0n) is 12.0. The molecule has 6 heteroatoms. The van der Waals surface area contributed by atoms with Gasteiger partial charge in [-0.25, -0.2) is 4.79 Å². The van der Waals surface area contributed by atoms with Crippen LogP contribution in [0.2, 0.25) is 5.02 Å². The third kappa shape index (κ3) is 2.88. The van der Waals surface area contributed by atoms with E-state index >= 15 is 0 Å². The number of carboxylic acid groups (broad SMARTS) is 1. The van der Waals surface area contributed by atoms with Crippen LogP contribution in [-0.4, -0.2) is 39.5 Å². The Balaban J connectivity index is 2.48. The average molecular weight is 309 g/mol. The lowest BCUT2D eigenvalue weighted by atomic mass is 10.2. The Morgan fingerprint density at radius 2 is 1.95 bits per heavy atom. The molecule has 1 heterocycles. The lowest BCUT2D eigenvalue weighted by Gasteiger charge is -2.19. The summed E-state index contributed by atoms with van der Waals surface area (Å²) >= 11 is 6.10. The molecule has 2 rings (SSSR count). The minimum Gasteiger partial charge on any atom is -0.478 e. The second-order valence-corrected chi connectivity index (χ2v) is 5.08. The summed E-state index contributed by atoms with van der Waals surface area (Å²) in [6.45, 7) is 5.18. The summed E-state index contributed by atoms with van der Waals surface area (Å²) in [4.78, 5) is 25.3.